The molecule has 144 valence electrons. The third-order valence-corrected chi connectivity index (χ3v) is 4.29. The Labute approximate surface area is 153 Å². The summed E-state index contributed by atoms with van der Waals surface area (Å²) in [6.45, 7) is 2.01. The van der Waals surface area contributed by atoms with E-state index in [1.54, 1.807) is 0 Å². The van der Waals surface area contributed by atoms with Crippen LogP contribution in [0.3, 0.4) is 0 Å². The van der Waals surface area contributed by atoms with Gasteiger partial charge in [0.15, 0.2) is 0 Å². The molecule has 3 N–H and O–H groups in total. The third-order valence-electron chi connectivity index (χ3n) is 4.29. The van der Waals surface area contributed by atoms with Crippen molar-refractivity contribution in [2.45, 2.75) is 19.0 Å². The first kappa shape index (κ1) is 19.0. The average molecular weight is 381 g/mol. The molecule has 1 aliphatic heterocycles. The third kappa shape index (κ3) is 4.70. The number of aromatic nitrogens is 3. The van der Waals surface area contributed by atoms with Crippen molar-refractivity contribution in [1.82, 2.24) is 15.0 Å². The first-order valence-corrected chi connectivity index (χ1v) is 8.35. The number of rotatable bonds is 5. The van der Waals surface area contributed by atoms with Gasteiger partial charge in [0, 0.05) is 31.5 Å². The lowest BCUT2D eigenvalue weighted by Crippen LogP contribution is -2.23. The molecule has 27 heavy (non-hydrogen) atoms. The molecule has 1 fully saturated rings. The quantitative estimate of drug-likeness (QED) is 0.825. The molecule has 0 aromatic carbocycles. The molecule has 0 aliphatic carbocycles. The number of primary amides is 1. The van der Waals surface area contributed by atoms with E-state index in [-0.39, 0.29) is 17.0 Å². The number of halogens is 3. The molecule has 1 saturated heterocycles. The summed E-state index contributed by atoms with van der Waals surface area (Å²) in [6.07, 6.45) is 0.377. The Kier molecular flexibility index (Phi) is 5.54. The molecule has 2 aromatic heterocycles. The zero-order valence-electron chi connectivity index (χ0n) is 14.3. The maximum atomic E-state index is 13.3. The topological polar surface area (TPSA) is 103 Å². The van der Waals surface area contributed by atoms with E-state index in [1.165, 1.54) is 12.4 Å². The van der Waals surface area contributed by atoms with Gasteiger partial charge in [0.25, 0.3) is 5.91 Å². The number of carbonyl (C=O) groups excluding carboxylic acids is 1. The van der Waals surface area contributed by atoms with Crippen LogP contribution in [0.25, 0.3) is 11.3 Å². The van der Waals surface area contributed by atoms with Gasteiger partial charge >= 0.3 is 6.18 Å². The monoisotopic (exact) mass is 381 g/mol. The van der Waals surface area contributed by atoms with Gasteiger partial charge < -0.3 is 15.8 Å². The largest absolute Gasteiger partial charge is 0.418 e. The smallest absolute Gasteiger partial charge is 0.381 e. The minimum atomic E-state index is -4.66. The Bertz CT molecular complexity index is 822. The second kappa shape index (κ2) is 7.87. The summed E-state index contributed by atoms with van der Waals surface area (Å²) in [5.41, 5.74) is 3.53. The van der Waals surface area contributed by atoms with E-state index in [4.69, 9.17) is 10.5 Å². The van der Waals surface area contributed by atoms with E-state index in [9.17, 15) is 18.0 Å². The summed E-state index contributed by atoms with van der Waals surface area (Å²) in [5.74, 6) is -0.173. The summed E-state index contributed by atoms with van der Waals surface area (Å²) in [6, 6.07) is 0.984. The van der Waals surface area contributed by atoms with Crippen molar-refractivity contribution in [2.75, 3.05) is 25.1 Å². The number of anilines is 1. The number of ether oxygens (including phenoxy) is 1. The number of pyridine rings is 1. The van der Waals surface area contributed by atoms with Gasteiger partial charge in [0.2, 0.25) is 0 Å². The number of nitrogens with two attached hydrogens (primary N) is 1. The lowest BCUT2D eigenvalue weighted by atomic mass is 10.0. The van der Waals surface area contributed by atoms with Gasteiger partial charge in [-0.2, -0.15) is 13.2 Å². The normalized spacial score (nSPS) is 15.5. The molecule has 0 atom stereocenters. The van der Waals surface area contributed by atoms with Crippen molar-refractivity contribution in [2.24, 2.45) is 11.7 Å². The van der Waals surface area contributed by atoms with Crippen molar-refractivity contribution in [3.05, 3.63) is 35.9 Å². The first-order chi connectivity index (χ1) is 12.8. The van der Waals surface area contributed by atoms with Crippen LogP contribution in [-0.2, 0) is 10.9 Å². The number of nitrogens with one attached hydrogen (secondary N) is 1. The van der Waals surface area contributed by atoms with Crippen molar-refractivity contribution < 1.29 is 22.7 Å². The summed E-state index contributed by atoms with van der Waals surface area (Å²) in [4.78, 5) is 23.0. The van der Waals surface area contributed by atoms with Gasteiger partial charge in [-0.15, -0.1) is 0 Å². The predicted molar refractivity (Wildman–Crippen MR) is 90.8 cm³/mol. The number of hydrogen-bond acceptors (Lipinski definition) is 6. The highest BCUT2D eigenvalue weighted by Crippen LogP contribution is 2.36. The van der Waals surface area contributed by atoms with Gasteiger partial charge in [-0.1, -0.05) is 0 Å². The fourth-order valence-corrected chi connectivity index (χ4v) is 2.81. The number of alkyl halides is 3. The molecule has 3 heterocycles. The molecule has 1 amide bonds. The molecule has 3 rings (SSSR count). The molecule has 0 saturated carbocycles. The molecule has 0 unspecified atom stereocenters. The van der Waals surface area contributed by atoms with Crippen LogP contribution >= 0.6 is 0 Å². The Morgan fingerprint density at radius 1 is 1.26 bits per heavy atom. The summed E-state index contributed by atoms with van der Waals surface area (Å²) in [7, 11) is 0. The van der Waals surface area contributed by atoms with Crippen LogP contribution in [0, 0.1) is 5.92 Å². The molecule has 0 spiro atoms. The molecule has 10 heteroatoms. The van der Waals surface area contributed by atoms with Crippen LogP contribution in [0.1, 0.15) is 28.9 Å². The summed E-state index contributed by atoms with van der Waals surface area (Å²) < 4.78 is 45.3. The van der Waals surface area contributed by atoms with Crippen LogP contribution in [0.5, 0.6) is 0 Å². The first-order valence-electron chi connectivity index (χ1n) is 8.35. The van der Waals surface area contributed by atoms with E-state index >= 15 is 0 Å². The fraction of sp³-hybridized carbons (Fsp3) is 0.412. The van der Waals surface area contributed by atoms with Crippen molar-refractivity contribution in [3.8, 4) is 11.3 Å². The number of hydrogen-bond donors (Lipinski definition) is 2. The number of amides is 1. The van der Waals surface area contributed by atoms with Crippen LogP contribution in [-0.4, -0.2) is 40.6 Å². The number of carbonyl (C=O) groups is 1. The maximum absolute atomic E-state index is 13.3. The highest BCUT2D eigenvalue weighted by molar-refractivity contribution is 5.92. The average Bonchev–Trinajstić information content (AvgIpc) is 2.66. The molecule has 0 radical (unpaired) electrons. The van der Waals surface area contributed by atoms with E-state index in [0.29, 0.717) is 37.7 Å². The Morgan fingerprint density at radius 2 is 2.00 bits per heavy atom. The van der Waals surface area contributed by atoms with Crippen molar-refractivity contribution >= 4 is 11.7 Å². The predicted octanol–water partition coefficient (Wildman–Crippen LogP) is 2.49. The van der Waals surface area contributed by atoms with Gasteiger partial charge in [-0.05, 0) is 24.8 Å². The lowest BCUT2D eigenvalue weighted by molar-refractivity contribution is -0.137. The SMILES string of the molecule is NC(=O)c1cc(-c2cncc(NCC3CCOCC3)n2)c(C(F)(F)F)cn1. The molecular formula is C17H18F3N5O2. The highest BCUT2D eigenvalue weighted by atomic mass is 19.4. The second-order valence-electron chi connectivity index (χ2n) is 6.20. The van der Waals surface area contributed by atoms with Crippen LogP contribution in [0.2, 0.25) is 0 Å². The molecule has 2 aromatic rings. The van der Waals surface area contributed by atoms with Crippen LogP contribution in [0.15, 0.2) is 24.7 Å². The molecule has 7 nitrogen and oxygen atoms in total. The summed E-state index contributed by atoms with van der Waals surface area (Å²) >= 11 is 0. The molecular weight excluding hydrogens is 363 g/mol. The van der Waals surface area contributed by atoms with Gasteiger partial charge in [0.1, 0.15) is 11.5 Å². The van der Waals surface area contributed by atoms with Crippen molar-refractivity contribution in [1.29, 1.82) is 0 Å². The maximum Gasteiger partial charge on any atom is 0.418 e. The minimum absolute atomic E-state index is 0.0239. The minimum Gasteiger partial charge on any atom is -0.381 e. The zero-order chi connectivity index (χ0) is 19.4. The van der Waals surface area contributed by atoms with Crippen molar-refractivity contribution in [3.63, 3.8) is 0 Å². The molecule has 1 aliphatic rings. The standard InChI is InChI=1S/C17H18F3N5O2/c18-17(19,20)12-7-23-13(16(21)26)5-11(12)14-8-22-9-15(25-14)24-6-10-1-3-27-4-2-10/h5,7-10H,1-4,6H2,(H2,21,26)(H,24,25). The Morgan fingerprint density at radius 3 is 2.67 bits per heavy atom. The summed E-state index contributed by atoms with van der Waals surface area (Å²) in [5, 5.41) is 3.10. The Hall–Kier alpha value is -2.75. The van der Waals surface area contributed by atoms with Crippen LogP contribution in [0.4, 0.5) is 19.0 Å². The van der Waals surface area contributed by atoms with Gasteiger partial charge in [-0.25, -0.2) is 4.98 Å². The second-order valence-corrected chi connectivity index (χ2v) is 6.20. The lowest BCUT2D eigenvalue weighted by Gasteiger charge is -2.22. The van der Waals surface area contributed by atoms with E-state index < -0.39 is 17.6 Å². The van der Waals surface area contributed by atoms with Crippen LogP contribution < -0.4 is 11.1 Å². The van der Waals surface area contributed by atoms with E-state index in [1.807, 2.05) is 0 Å². The van der Waals surface area contributed by atoms with E-state index in [2.05, 4.69) is 20.3 Å². The number of nitrogens with zero attached hydrogens (tertiary/aromatic N) is 3. The Balaban J connectivity index is 1.89. The zero-order valence-corrected chi connectivity index (χ0v) is 14.3. The highest BCUT2D eigenvalue weighted by Gasteiger charge is 2.35. The molecule has 0 bridgehead atoms. The van der Waals surface area contributed by atoms with Gasteiger partial charge in [0.05, 0.1) is 23.7 Å². The van der Waals surface area contributed by atoms with Gasteiger partial charge in [-0.3, -0.25) is 14.8 Å². The fourth-order valence-electron chi connectivity index (χ4n) is 2.81. The van der Waals surface area contributed by atoms with E-state index in [0.717, 1.165) is 18.9 Å².